The van der Waals surface area contributed by atoms with Gasteiger partial charge in [-0.15, -0.1) is 0 Å². The van der Waals surface area contributed by atoms with Gasteiger partial charge in [0.1, 0.15) is 17.5 Å². The van der Waals surface area contributed by atoms with Gasteiger partial charge in [-0.3, -0.25) is 0 Å². The van der Waals surface area contributed by atoms with Crippen molar-refractivity contribution in [1.82, 2.24) is 4.98 Å². The molecule has 1 aromatic carbocycles. The molecule has 0 atom stereocenters. The largest absolute Gasteiger partial charge is 0.383 e. The van der Waals surface area contributed by atoms with Gasteiger partial charge in [-0.25, -0.2) is 4.98 Å². The van der Waals surface area contributed by atoms with Crippen molar-refractivity contribution in [1.29, 1.82) is 5.26 Å². The molecule has 0 aliphatic carbocycles. The lowest BCUT2D eigenvalue weighted by Gasteiger charge is -2.13. The molecule has 3 nitrogen and oxygen atoms in total. The molecule has 1 heterocycles. The minimum atomic E-state index is 0.318. The highest BCUT2D eigenvalue weighted by Crippen LogP contribution is 2.31. The van der Waals surface area contributed by atoms with Crippen LogP contribution in [0.4, 0.5) is 5.82 Å². The zero-order chi connectivity index (χ0) is 13.1. The predicted molar refractivity (Wildman–Crippen MR) is 72.9 cm³/mol. The Kier molecular flexibility index (Phi) is 3.29. The van der Waals surface area contributed by atoms with Crippen LogP contribution in [0.3, 0.4) is 0 Å². The number of rotatable bonds is 2. The molecule has 0 spiro atoms. The van der Waals surface area contributed by atoms with Crippen molar-refractivity contribution >= 4 is 5.82 Å². The highest BCUT2D eigenvalue weighted by Gasteiger charge is 2.15. The third kappa shape index (κ3) is 1.93. The van der Waals surface area contributed by atoms with E-state index in [-0.39, 0.29) is 0 Å². The number of benzene rings is 1. The van der Waals surface area contributed by atoms with Gasteiger partial charge < -0.3 is 5.73 Å². The molecule has 2 aromatic rings. The van der Waals surface area contributed by atoms with Gasteiger partial charge in [0.05, 0.1) is 0 Å². The molecule has 0 fully saturated rings. The lowest BCUT2D eigenvalue weighted by Crippen LogP contribution is -2.04. The van der Waals surface area contributed by atoms with E-state index in [9.17, 15) is 5.26 Å². The molecular weight excluding hydrogens is 222 g/mol. The van der Waals surface area contributed by atoms with Crippen LogP contribution >= 0.6 is 0 Å². The SMILES string of the molecule is CCc1nc(N)c(C#N)c(-c2ccccc2)c1C. The topological polar surface area (TPSA) is 62.7 Å². The number of pyridine rings is 1. The Balaban J connectivity index is 2.80. The Bertz CT molecular complexity index is 609. The number of hydrogen-bond acceptors (Lipinski definition) is 3. The summed E-state index contributed by atoms with van der Waals surface area (Å²) in [6.07, 6.45) is 0.807. The Labute approximate surface area is 107 Å². The monoisotopic (exact) mass is 237 g/mol. The summed E-state index contributed by atoms with van der Waals surface area (Å²) in [5.74, 6) is 0.318. The van der Waals surface area contributed by atoms with Gasteiger partial charge in [0, 0.05) is 11.3 Å². The molecule has 1 aromatic heterocycles. The van der Waals surface area contributed by atoms with E-state index in [4.69, 9.17) is 5.73 Å². The van der Waals surface area contributed by atoms with Crippen LogP contribution in [0, 0.1) is 18.3 Å². The summed E-state index contributed by atoms with van der Waals surface area (Å²) in [4.78, 5) is 4.30. The number of hydrogen-bond donors (Lipinski definition) is 1. The lowest BCUT2D eigenvalue weighted by molar-refractivity contribution is 1.01. The van der Waals surface area contributed by atoms with Crippen LogP contribution in [0.25, 0.3) is 11.1 Å². The van der Waals surface area contributed by atoms with Gasteiger partial charge in [-0.05, 0) is 24.5 Å². The van der Waals surface area contributed by atoms with Crippen molar-refractivity contribution < 1.29 is 0 Å². The van der Waals surface area contributed by atoms with Crippen LogP contribution in [0.5, 0.6) is 0 Å². The number of anilines is 1. The Morgan fingerprint density at radius 3 is 2.50 bits per heavy atom. The van der Waals surface area contributed by atoms with Crippen molar-refractivity contribution in [3.05, 3.63) is 47.2 Å². The molecule has 90 valence electrons. The van der Waals surface area contributed by atoms with E-state index in [1.807, 2.05) is 44.2 Å². The number of aryl methyl sites for hydroxylation is 1. The van der Waals surface area contributed by atoms with E-state index in [0.717, 1.165) is 28.8 Å². The van der Waals surface area contributed by atoms with Gasteiger partial charge >= 0.3 is 0 Å². The molecule has 0 saturated carbocycles. The average molecular weight is 237 g/mol. The third-order valence-corrected chi connectivity index (χ3v) is 3.08. The molecule has 18 heavy (non-hydrogen) atoms. The quantitative estimate of drug-likeness (QED) is 0.873. The number of nitrogen functional groups attached to an aromatic ring is 1. The van der Waals surface area contributed by atoms with Crippen LogP contribution in [-0.4, -0.2) is 4.98 Å². The van der Waals surface area contributed by atoms with Gasteiger partial charge in [0.15, 0.2) is 0 Å². The molecule has 0 amide bonds. The molecule has 0 saturated heterocycles. The normalized spacial score (nSPS) is 10.1. The maximum Gasteiger partial charge on any atom is 0.142 e. The second-order valence-electron chi connectivity index (χ2n) is 4.15. The number of nitriles is 1. The fraction of sp³-hybridized carbons (Fsp3) is 0.200. The van der Waals surface area contributed by atoms with Crippen LogP contribution in [0.2, 0.25) is 0 Å². The zero-order valence-corrected chi connectivity index (χ0v) is 10.6. The van der Waals surface area contributed by atoms with Crippen molar-refractivity contribution in [2.45, 2.75) is 20.3 Å². The number of nitrogens with zero attached hydrogens (tertiary/aromatic N) is 2. The van der Waals surface area contributed by atoms with Crippen LogP contribution < -0.4 is 5.73 Å². The Morgan fingerprint density at radius 2 is 1.94 bits per heavy atom. The highest BCUT2D eigenvalue weighted by atomic mass is 14.8. The average Bonchev–Trinajstić information content (AvgIpc) is 2.41. The smallest absolute Gasteiger partial charge is 0.142 e. The summed E-state index contributed by atoms with van der Waals surface area (Å²) < 4.78 is 0. The molecule has 0 unspecified atom stereocenters. The molecule has 0 bridgehead atoms. The zero-order valence-electron chi connectivity index (χ0n) is 10.6. The number of aromatic nitrogens is 1. The molecule has 2 rings (SSSR count). The van der Waals surface area contributed by atoms with Crippen LogP contribution in [-0.2, 0) is 6.42 Å². The fourth-order valence-corrected chi connectivity index (χ4v) is 2.17. The predicted octanol–water partition coefficient (Wildman–Crippen LogP) is 3.07. The first-order chi connectivity index (χ1) is 8.69. The second-order valence-corrected chi connectivity index (χ2v) is 4.15. The maximum absolute atomic E-state index is 9.28. The van der Waals surface area contributed by atoms with Gasteiger partial charge in [-0.1, -0.05) is 37.3 Å². The third-order valence-electron chi connectivity index (χ3n) is 3.08. The maximum atomic E-state index is 9.28. The van der Waals surface area contributed by atoms with E-state index in [2.05, 4.69) is 11.1 Å². The summed E-state index contributed by atoms with van der Waals surface area (Å²) in [5.41, 5.74) is 10.2. The van der Waals surface area contributed by atoms with E-state index in [1.165, 1.54) is 0 Å². The van der Waals surface area contributed by atoms with Gasteiger partial charge in [0.25, 0.3) is 0 Å². The van der Waals surface area contributed by atoms with Crippen molar-refractivity contribution in [3.63, 3.8) is 0 Å². The highest BCUT2D eigenvalue weighted by molar-refractivity contribution is 5.78. The second kappa shape index (κ2) is 4.89. The molecule has 0 aliphatic rings. The minimum Gasteiger partial charge on any atom is -0.383 e. The van der Waals surface area contributed by atoms with Gasteiger partial charge in [0.2, 0.25) is 0 Å². The lowest BCUT2D eigenvalue weighted by atomic mass is 9.94. The van der Waals surface area contributed by atoms with Gasteiger partial charge in [-0.2, -0.15) is 5.26 Å². The molecule has 0 radical (unpaired) electrons. The first kappa shape index (κ1) is 12.1. The van der Waals surface area contributed by atoms with Crippen molar-refractivity contribution in [2.24, 2.45) is 0 Å². The van der Waals surface area contributed by atoms with E-state index < -0.39 is 0 Å². The summed E-state index contributed by atoms with van der Waals surface area (Å²) >= 11 is 0. The standard InChI is InChI=1S/C15H15N3/c1-3-13-10(2)14(11-7-5-4-6-8-11)12(9-16)15(17)18-13/h4-8H,3H2,1-2H3,(H2,17,18). The van der Waals surface area contributed by atoms with E-state index in [1.54, 1.807) is 0 Å². The fourth-order valence-electron chi connectivity index (χ4n) is 2.17. The first-order valence-electron chi connectivity index (χ1n) is 5.93. The Hall–Kier alpha value is -2.34. The van der Waals surface area contributed by atoms with E-state index >= 15 is 0 Å². The molecule has 2 N–H and O–H groups in total. The summed E-state index contributed by atoms with van der Waals surface area (Å²) in [7, 11) is 0. The summed E-state index contributed by atoms with van der Waals surface area (Å²) in [6.45, 7) is 4.03. The molecule has 3 heteroatoms. The summed E-state index contributed by atoms with van der Waals surface area (Å²) in [5, 5.41) is 9.28. The first-order valence-corrected chi connectivity index (χ1v) is 5.93. The van der Waals surface area contributed by atoms with Crippen LogP contribution in [0.15, 0.2) is 30.3 Å². The van der Waals surface area contributed by atoms with Crippen molar-refractivity contribution in [2.75, 3.05) is 5.73 Å². The molecule has 0 aliphatic heterocycles. The minimum absolute atomic E-state index is 0.318. The summed E-state index contributed by atoms with van der Waals surface area (Å²) in [6, 6.07) is 12.0. The van der Waals surface area contributed by atoms with E-state index in [0.29, 0.717) is 11.4 Å². The Morgan fingerprint density at radius 1 is 1.28 bits per heavy atom. The van der Waals surface area contributed by atoms with Crippen LogP contribution in [0.1, 0.15) is 23.7 Å². The number of nitrogens with two attached hydrogens (primary N) is 1. The van der Waals surface area contributed by atoms with Crippen molar-refractivity contribution in [3.8, 4) is 17.2 Å². The molecular formula is C15H15N3.